The molecule has 1 aliphatic heterocycles. The summed E-state index contributed by atoms with van der Waals surface area (Å²) in [5.74, 6) is -0.694. The maximum atomic E-state index is 13.4. The fourth-order valence-electron chi connectivity index (χ4n) is 7.54. The second kappa shape index (κ2) is 7.45. The van der Waals surface area contributed by atoms with E-state index in [-0.39, 0.29) is 29.1 Å². The molecule has 1 aromatic rings. The molecular formula is C25H32BrN3O2. The molecule has 1 spiro atoms. The highest BCUT2D eigenvalue weighted by Crippen LogP contribution is 2.81. The maximum absolute atomic E-state index is 13.4. The Morgan fingerprint density at radius 1 is 0.968 bits per heavy atom. The first-order valence-corrected chi connectivity index (χ1v) is 12.4. The Morgan fingerprint density at radius 3 is 2.10 bits per heavy atom. The number of halogens is 1. The normalized spacial score (nSPS) is 35.1. The number of likely N-dealkylation sites (tertiary alicyclic amines) is 1. The zero-order valence-electron chi connectivity index (χ0n) is 18.0. The van der Waals surface area contributed by atoms with Gasteiger partial charge in [-0.3, -0.25) is 9.59 Å². The summed E-state index contributed by atoms with van der Waals surface area (Å²) in [6.45, 7) is 3.20. The molecule has 31 heavy (non-hydrogen) atoms. The van der Waals surface area contributed by atoms with Gasteiger partial charge in [-0.15, -0.1) is 0 Å². The van der Waals surface area contributed by atoms with E-state index in [0.717, 1.165) is 48.9 Å². The number of amides is 2. The smallest absolute Gasteiger partial charge is 0.225 e. The molecule has 0 unspecified atom stereocenters. The Labute approximate surface area is 192 Å². The van der Waals surface area contributed by atoms with Crippen molar-refractivity contribution in [3.63, 3.8) is 0 Å². The molecule has 1 saturated heterocycles. The average Bonchev–Trinajstić information content (AvgIpc) is 3.11. The lowest BCUT2D eigenvalue weighted by atomic mass is 9.53. The van der Waals surface area contributed by atoms with Gasteiger partial charge < -0.3 is 16.4 Å². The number of allylic oxidation sites excluding steroid dienone is 2. The van der Waals surface area contributed by atoms with Gasteiger partial charge in [0.1, 0.15) is 0 Å². The highest BCUT2D eigenvalue weighted by molar-refractivity contribution is 9.10. The van der Waals surface area contributed by atoms with Crippen LogP contribution in [0.5, 0.6) is 0 Å². The summed E-state index contributed by atoms with van der Waals surface area (Å²) in [4.78, 5) is 29.2. The quantitative estimate of drug-likeness (QED) is 0.552. The van der Waals surface area contributed by atoms with E-state index in [0.29, 0.717) is 12.8 Å². The minimum absolute atomic E-state index is 0.00688. The van der Waals surface area contributed by atoms with E-state index in [1.165, 1.54) is 12.8 Å². The number of nitrogens with two attached hydrogens (primary N) is 2. The lowest BCUT2D eigenvalue weighted by Gasteiger charge is -2.48. The highest BCUT2D eigenvalue weighted by Gasteiger charge is 2.81. The molecule has 2 amide bonds. The van der Waals surface area contributed by atoms with Gasteiger partial charge in [-0.2, -0.15) is 0 Å². The van der Waals surface area contributed by atoms with E-state index in [1.807, 2.05) is 24.3 Å². The Morgan fingerprint density at radius 2 is 1.55 bits per heavy atom. The molecule has 4 N–H and O–H groups in total. The molecule has 1 heterocycles. The number of primary amides is 2. The molecule has 1 aromatic carbocycles. The lowest BCUT2D eigenvalue weighted by molar-refractivity contribution is -0.151. The molecule has 166 valence electrons. The summed E-state index contributed by atoms with van der Waals surface area (Å²) >= 11 is 3.49. The molecule has 2 saturated carbocycles. The van der Waals surface area contributed by atoms with Gasteiger partial charge in [-0.1, -0.05) is 40.2 Å². The minimum atomic E-state index is -0.965. The van der Waals surface area contributed by atoms with E-state index >= 15 is 0 Å². The van der Waals surface area contributed by atoms with Crippen LogP contribution in [0.25, 0.3) is 0 Å². The predicted molar refractivity (Wildman–Crippen MR) is 124 cm³/mol. The van der Waals surface area contributed by atoms with E-state index in [1.54, 1.807) is 0 Å². The van der Waals surface area contributed by atoms with Crippen molar-refractivity contribution in [2.45, 2.75) is 44.9 Å². The molecule has 5 nitrogen and oxygen atoms in total. The van der Waals surface area contributed by atoms with Crippen molar-refractivity contribution in [3.8, 4) is 0 Å². The van der Waals surface area contributed by atoms with E-state index in [4.69, 9.17) is 11.5 Å². The van der Waals surface area contributed by atoms with Crippen LogP contribution in [0.3, 0.4) is 0 Å². The van der Waals surface area contributed by atoms with Gasteiger partial charge in [-0.25, -0.2) is 0 Å². The van der Waals surface area contributed by atoms with Crippen LogP contribution in [0.4, 0.5) is 0 Å². The molecule has 4 aliphatic rings. The van der Waals surface area contributed by atoms with Crippen LogP contribution in [0.1, 0.15) is 44.1 Å². The van der Waals surface area contributed by atoms with Crippen LogP contribution in [-0.4, -0.2) is 36.3 Å². The number of carbonyl (C=O) groups is 2. The van der Waals surface area contributed by atoms with Crippen LogP contribution in [0.2, 0.25) is 0 Å². The number of carbonyl (C=O) groups excluding carboxylic acids is 2. The molecule has 5 rings (SSSR count). The van der Waals surface area contributed by atoms with E-state index in [2.05, 4.69) is 33.0 Å². The van der Waals surface area contributed by atoms with Gasteiger partial charge in [0.05, 0.1) is 10.8 Å². The fourth-order valence-corrected chi connectivity index (χ4v) is 7.81. The standard InChI is InChI=1S/C25H32BrN3O2/c26-18-6-4-17(5-7-18)16-25(22(28)31)20-9-8-19(23(20)11-12-23)24(25,21(27)30)10-3-15-29-13-1-2-14-29/h4-9,19-20H,1-3,10-16H2,(H2,27,30)(H2,28,31)/t19-,20+,24+,25+/m1/s1. The third kappa shape index (κ3) is 2.90. The monoisotopic (exact) mass is 485 g/mol. The second-order valence-corrected chi connectivity index (χ2v) is 11.1. The summed E-state index contributed by atoms with van der Waals surface area (Å²) in [7, 11) is 0. The Bertz CT molecular complexity index is 919. The van der Waals surface area contributed by atoms with Crippen molar-refractivity contribution in [3.05, 3.63) is 46.5 Å². The summed E-state index contributed by atoms with van der Waals surface area (Å²) in [5.41, 5.74) is 11.6. The van der Waals surface area contributed by atoms with E-state index < -0.39 is 10.8 Å². The van der Waals surface area contributed by atoms with Crippen LogP contribution in [-0.2, 0) is 16.0 Å². The minimum Gasteiger partial charge on any atom is -0.369 e. The van der Waals surface area contributed by atoms with Crippen molar-refractivity contribution in [1.82, 2.24) is 4.90 Å². The number of hydrogen-bond donors (Lipinski definition) is 2. The zero-order valence-corrected chi connectivity index (χ0v) is 19.6. The van der Waals surface area contributed by atoms with Gasteiger partial charge in [0.25, 0.3) is 0 Å². The molecule has 0 aromatic heterocycles. The molecular weight excluding hydrogens is 454 g/mol. The summed E-state index contributed by atoms with van der Waals surface area (Å²) in [6, 6.07) is 8.03. The molecule has 3 fully saturated rings. The Kier molecular flexibility index (Phi) is 5.09. The van der Waals surface area contributed by atoms with Gasteiger partial charge in [-0.05, 0) is 99.5 Å². The Hall–Kier alpha value is -1.66. The topological polar surface area (TPSA) is 89.4 Å². The largest absolute Gasteiger partial charge is 0.369 e. The van der Waals surface area contributed by atoms with Gasteiger partial charge >= 0.3 is 0 Å². The molecule has 3 aliphatic carbocycles. The third-order valence-electron chi connectivity index (χ3n) is 8.94. The van der Waals surface area contributed by atoms with Crippen molar-refractivity contribution < 1.29 is 9.59 Å². The highest BCUT2D eigenvalue weighted by atomic mass is 79.9. The average molecular weight is 486 g/mol. The number of hydrogen-bond acceptors (Lipinski definition) is 3. The maximum Gasteiger partial charge on any atom is 0.225 e. The molecule has 0 radical (unpaired) electrons. The molecule has 4 atom stereocenters. The van der Waals surface area contributed by atoms with Gasteiger partial charge in [0, 0.05) is 4.47 Å². The first kappa shape index (κ1) is 21.2. The Balaban J connectivity index is 1.56. The predicted octanol–water partition coefficient (Wildman–Crippen LogP) is 3.41. The van der Waals surface area contributed by atoms with Crippen molar-refractivity contribution in [2.75, 3.05) is 19.6 Å². The van der Waals surface area contributed by atoms with Crippen LogP contribution in [0.15, 0.2) is 40.9 Å². The number of nitrogens with zero attached hydrogens (tertiary/aromatic N) is 1. The SMILES string of the molecule is NC(=O)[C@]1(CCCN2CCCC2)[C@@H]2C=C[C@@H](C23CC3)[C@@]1(Cc1ccc(Br)cc1)C(N)=O. The van der Waals surface area contributed by atoms with Crippen LogP contribution < -0.4 is 11.5 Å². The zero-order chi connectivity index (χ0) is 21.9. The summed E-state index contributed by atoms with van der Waals surface area (Å²) in [6.07, 6.45) is 10.9. The first-order valence-electron chi connectivity index (χ1n) is 11.6. The first-order chi connectivity index (χ1) is 14.9. The van der Waals surface area contributed by atoms with Crippen molar-refractivity contribution >= 4 is 27.7 Å². The van der Waals surface area contributed by atoms with Crippen LogP contribution in [0, 0.1) is 28.1 Å². The number of benzene rings is 1. The van der Waals surface area contributed by atoms with Crippen molar-refractivity contribution in [1.29, 1.82) is 0 Å². The van der Waals surface area contributed by atoms with Crippen molar-refractivity contribution in [2.24, 2.45) is 39.5 Å². The third-order valence-corrected chi connectivity index (χ3v) is 9.47. The fraction of sp³-hybridized carbons (Fsp3) is 0.600. The molecule has 6 heteroatoms. The van der Waals surface area contributed by atoms with E-state index in [9.17, 15) is 9.59 Å². The van der Waals surface area contributed by atoms with Gasteiger partial charge in [0.15, 0.2) is 0 Å². The summed E-state index contributed by atoms with van der Waals surface area (Å²) < 4.78 is 0.989. The second-order valence-electron chi connectivity index (χ2n) is 10.2. The lowest BCUT2D eigenvalue weighted by Crippen LogP contribution is -2.60. The van der Waals surface area contributed by atoms with Crippen LogP contribution >= 0.6 is 15.9 Å². The number of rotatable bonds is 8. The van der Waals surface area contributed by atoms with Gasteiger partial charge in [0.2, 0.25) is 11.8 Å². The molecule has 2 bridgehead atoms. The summed E-state index contributed by atoms with van der Waals surface area (Å²) in [5, 5.41) is 0.